The molecule has 0 radical (unpaired) electrons. The molecule has 1 fully saturated rings. The minimum absolute atomic E-state index is 0. The second-order valence-electron chi connectivity index (χ2n) is 5.72. The van der Waals surface area contributed by atoms with E-state index in [-0.39, 0.29) is 23.9 Å². The molecule has 1 amide bonds. The summed E-state index contributed by atoms with van der Waals surface area (Å²) in [6, 6.07) is 8.43. The third-order valence-electron chi connectivity index (χ3n) is 3.94. The maximum Gasteiger partial charge on any atom is 0.230 e. The van der Waals surface area contributed by atoms with E-state index in [1.165, 1.54) is 24.0 Å². The molecule has 0 unspecified atom stereocenters. The zero-order valence-electron chi connectivity index (χ0n) is 12.6. The Morgan fingerprint density at radius 3 is 2.71 bits per heavy atom. The summed E-state index contributed by atoms with van der Waals surface area (Å²) in [5, 5.41) is 3.15. The number of nitrogens with one attached hydrogen (secondary N) is 1. The van der Waals surface area contributed by atoms with Gasteiger partial charge in [-0.25, -0.2) is 0 Å². The number of hydrogen-bond donors (Lipinski definition) is 2. The van der Waals surface area contributed by atoms with E-state index in [1.807, 2.05) is 0 Å². The van der Waals surface area contributed by atoms with Crippen LogP contribution in [0.15, 0.2) is 24.3 Å². The third kappa shape index (κ3) is 5.53. The number of halogens is 1. The molecule has 0 spiro atoms. The van der Waals surface area contributed by atoms with Gasteiger partial charge in [0.2, 0.25) is 5.91 Å². The highest BCUT2D eigenvalue weighted by molar-refractivity contribution is 7.99. The summed E-state index contributed by atoms with van der Waals surface area (Å²) in [5.41, 5.74) is 8.25. The van der Waals surface area contributed by atoms with Crippen LogP contribution >= 0.6 is 24.2 Å². The van der Waals surface area contributed by atoms with Gasteiger partial charge in [-0.05, 0) is 25.3 Å². The molecule has 1 aromatic rings. The van der Waals surface area contributed by atoms with E-state index in [4.69, 9.17) is 5.73 Å². The summed E-state index contributed by atoms with van der Waals surface area (Å²) >= 11 is 1.66. The number of hydrogen-bond acceptors (Lipinski definition) is 3. The van der Waals surface area contributed by atoms with Crippen molar-refractivity contribution in [1.29, 1.82) is 0 Å². The van der Waals surface area contributed by atoms with Gasteiger partial charge in [-0.1, -0.05) is 42.7 Å². The predicted molar refractivity (Wildman–Crippen MR) is 93.0 cm³/mol. The van der Waals surface area contributed by atoms with E-state index in [0.717, 1.165) is 18.6 Å². The fourth-order valence-corrected chi connectivity index (χ4v) is 3.60. The molecule has 1 aliphatic rings. The van der Waals surface area contributed by atoms with Crippen molar-refractivity contribution >= 4 is 30.1 Å². The van der Waals surface area contributed by atoms with Crippen LogP contribution < -0.4 is 11.1 Å². The lowest BCUT2D eigenvalue weighted by atomic mass is 9.98. The van der Waals surface area contributed by atoms with Crippen LogP contribution in [0.5, 0.6) is 0 Å². The summed E-state index contributed by atoms with van der Waals surface area (Å²) in [6.07, 6.45) is 4.40. The van der Waals surface area contributed by atoms with Crippen molar-refractivity contribution in [2.45, 2.75) is 43.9 Å². The van der Waals surface area contributed by atoms with Crippen LogP contribution in [0.3, 0.4) is 0 Å². The minimum atomic E-state index is -0.124. The van der Waals surface area contributed by atoms with Gasteiger partial charge < -0.3 is 11.1 Å². The van der Waals surface area contributed by atoms with Crippen LogP contribution in [0.2, 0.25) is 0 Å². The highest BCUT2D eigenvalue weighted by atomic mass is 35.5. The molecule has 2 rings (SSSR count). The highest BCUT2D eigenvalue weighted by Gasteiger charge is 2.33. The maximum atomic E-state index is 12.0. The Balaban J connectivity index is 0.00000220. The Hall–Kier alpha value is -0.710. The Bertz CT molecular complexity index is 461. The quantitative estimate of drug-likeness (QED) is 0.844. The van der Waals surface area contributed by atoms with Crippen LogP contribution in [0.1, 0.15) is 36.8 Å². The smallest absolute Gasteiger partial charge is 0.230 e. The van der Waals surface area contributed by atoms with Crippen molar-refractivity contribution in [3.8, 4) is 0 Å². The van der Waals surface area contributed by atoms with Gasteiger partial charge in [0, 0.05) is 12.3 Å². The van der Waals surface area contributed by atoms with Crippen LogP contribution in [0.4, 0.5) is 0 Å². The molecule has 5 heteroatoms. The molecule has 0 heterocycles. The molecular weight excluding hydrogens is 304 g/mol. The second-order valence-corrected chi connectivity index (χ2v) is 6.71. The first-order valence-electron chi connectivity index (χ1n) is 7.28. The van der Waals surface area contributed by atoms with Crippen LogP contribution in [0, 0.1) is 6.92 Å². The van der Waals surface area contributed by atoms with E-state index in [2.05, 4.69) is 36.5 Å². The van der Waals surface area contributed by atoms with Crippen molar-refractivity contribution in [2.24, 2.45) is 5.73 Å². The summed E-state index contributed by atoms with van der Waals surface area (Å²) in [5.74, 6) is 1.51. The largest absolute Gasteiger partial charge is 0.349 e. The molecule has 0 saturated heterocycles. The number of thioether (sulfide) groups is 1. The molecular formula is C16H25ClN2OS. The van der Waals surface area contributed by atoms with Crippen LogP contribution in [-0.4, -0.2) is 23.7 Å². The van der Waals surface area contributed by atoms with Gasteiger partial charge in [0.1, 0.15) is 0 Å². The molecule has 3 nitrogen and oxygen atoms in total. The molecule has 1 aromatic carbocycles. The zero-order valence-corrected chi connectivity index (χ0v) is 14.2. The standard InChI is InChI=1S/C16H24N2OS.ClH/c1-13-5-4-6-14(9-13)10-20-11-15(19)18-16(12-17)7-2-3-8-16;/h4-6,9H,2-3,7-8,10-12,17H2,1H3,(H,18,19);1H. The average Bonchev–Trinajstić information content (AvgIpc) is 2.88. The normalized spacial score (nSPS) is 16.3. The zero-order chi connectivity index (χ0) is 14.4. The van der Waals surface area contributed by atoms with Crippen LogP contribution in [-0.2, 0) is 10.5 Å². The lowest BCUT2D eigenvalue weighted by Crippen LogP contribution is -2.52. The number of nitrogens with two attached hydrogens (primary N) is 1. The van der Waals surface area contributed by atoms with Gasteiger partial charge in [0.15, 0.2) is 0 Å². The first-order valence-corrected chi connectivity index (χ1v) is 8.43. The minimum Gasteiger partial charge on any atom is -0.349 e. The number of amides is 1. The second kappa shape index (κ2) is 8.66. The molecule has 1 saturated carbocycles. The van der Waals surface area contributed by atoms with Crippen LogP contribution in [0.25, 0.3) is 0 Å². The lowest BCUT2D eigenvalue weighted by molar-refractivity contribution is -0.120. The molecule has 118 valence electrons. The number of aryl methyl sites for hydroxylation is 1. The van der Waals surface area contributed by atoms with E-state index in [0.29, 0.717) is 12.3 Å². The van der Waals surface area contributed by atoms with Gasteiger partial charge in [-0.2, -0.15) is 0 Å². The average molecular weight is 329 g/mol. The lowest BCUT2D eigenvalue weighted by Gasteiger charge is -2.28. The monoisotopic (exact) mass is 328 g/mol. The Kier molecular flexibility index (Phi) is 7.57. The number of rotatable bonds is 6. The van der Waals surface area contributed by atoms with E-state index < -0.39 is 0 Å². The van der Waals surface area contributed by atoms with Gasteiger partial charge in [0.05, 0.1) is 11.3 Å². The first-order chi connectivity index (χ1) is 9.63. The van der Waals surface area contributed by atoms with E-state index in [1.54, 1.807) is 11.8 Å². The van der Waals surface area contributed by atoms with E-state index in [9.17, 15) is 4.79 Å². The SMILES string of the molecule is Cc1cccc(CSCC(=O)NC2(CN)CCCC2)c1.Cl. The third-order valence-corrected chi connectivity index (χ3v) is 4.94. The summed E-state index contributed by atoms with van der Waals surface area (Å²) < 4.78 is 0. The summed E-state index contributed by atoms with van der Waals surface area (Å²) in [4.78, 5) is 12.0. The fourth-order valence-electron chi connectivity index (χ4n) is 2.83. The molecule has 1 aliphatic carbocycles. The van der Waals surface area contributed by atoms with Gasteiger partial charge in [-0.3, -0.25) is 4.79 Å². The van der Waals surface area contributed by atoms with Crippen molar-refractivity contribution in [2.75, 3.05) is 12.3 Å². The van der Waals surface area contributed by atoms with Crippen molar-refractivity contribution in [1.82, 2.24) is 5.32 Å². The fraction of sp³-hybridized carbons (Fsp3) is 0.562. The summed E-state index contributed by atoms with van der Waals surface area (Å²) in [6.45, 7) is 2.65. The molecule has 21 heavy (non-hydrogen) atoms. The summed E-state index contributed by atoms with van der Waals surface area (Å²) in [7, 11) is 0. The molecule has 3 N–H and O–H groups in total. The molecule has 0 bridgehead atoms. The predicted octanol–water partition coefficient (Wildman–Crippen LogP) is 3.04. The maximum absolute atomic E-state index is 12.0. The first kappa shape index (κ1) is 18.3. The van der Waals surface area contributed by atoms with Gasteiger partial charge in [0.25, 0.3) is 0 Å². The number of carbonyl (C=O) groups is 1. The Morgan fingerprint density at radius 1 is 1.38 bits per heavy atom. The Labute approximate surface area is 137 Å². The van der Waals surface area contributed by atoms with Crippen molar-refractivity contribution in [3.63, 3.8) is 0 Å². The Morgan fingerprint density at radius 2 is 2.10 bits per heavy atom. The number of carbonyl (C=O) groups excluding carboxylic acids is 1. The van der Waals surface area contributed by atoms with Crippen molar-refractivity contribution in [3.05, 3.63) is 35.4 Å². The molecule has 0 aliphatic heterocycles. The number of benzene rings is 1. The van der Waals surface area contributed by atoms with Gasteiger partial charge >= 0.3 is 0 Å². The highest BCUT2D eigenvalue weighted by Crippen LogP contribution is 2.28. The van der Waals surface area contributed by atoms with E-state index >= 15 is 0 Å². The molecule has 0 atom stereocenters. The molecule has 0 aromatic heterocycles. The topological polar surface area (TPSA) is 55.1 Å². The van der Waals surface area contributed by atoms with Crippen molar-refractivity contribution < 1.29 is 4.79 Å². The van der Waals surface area contributed by atoms with Gasteiger partial charge in [-0.15, -0.1) is 24.2 Å².